The van der Waals surface area contributed by atoms with E-state index in [2.05, 4.69) is 0 Å². The van der Waals surface area contributed by atoms with Crippen LogP contribution in [0, 0.1) is 5.82 Å². The van der Waals surface area contributed by atoms with Crippen LogP contribution in [0.3, 0.4) is 0 Å². The highest BCUT2D eigenvalue weighted by molar-refractivity contribution is 5.69. The zero-order valence-electron chi connectivity index (χ0n) is 11.7. The molecular weight excluding hydrogens is 247 g/mol. The molecule has 0 unspecified atom stereocenters. The first-order valence-electron chi connectivity index (χ1n) is 6.41. The van der Waals surface area contributed by atoms with Crippen LogP contribution >= 0.6 is 0 Å². The lowest BCUT2D eigenvalue weighted by Gasteiger charge is -2.19. The fraction of sp³-hybridized carbons (Fsp3) is 0.533. The van der Waals surface area contributed by atoms with Crippen molar-refractivity contribution >= 4 is 5.97 Å². The molecule has 19 heavy (non-hydrogen) atoms. The molecule has 4 heteroatoms. The van der Waals surface area contributed by atoms with Gasteiger partial charge in [0.05, 0.1) is 19.6 Å². The Balaban J connectivity index is 2.11. The molecule has 0 radical (unpaired) electrons. The van der Waals surface area contributed by atoms with E-state index in [-0.39, 0.29) is 18.2 Å². The van der Waals surface area contributed by atoms with Gasteiger partial charge >= 0.3 is 5.97 Å². The van der Waals surface area contributed by atoms with E-state index in [0.29, 0.717) is 19.6 Å². The number of rotatable bonds is 6. The summed E-state index contributed by atoms with van der Waals surface area (Å²) in [4.78, 5) is 11.4. The first-order valence-corrected chi connectivity index (χ1v) is 6.41. The molecule has 0 aliphatic rings. The lowest BCUT2D eigenvalue weighted by molar-refractivity contribution is -0.156. The van der Waals surface area contributed by atoms with Gasteiger partial charge in [-0.05, 0) is 44.9 Å². The molecule has 0 bridgehead atoms. The fourth-order valence-corrected chi connectivity index (χ4v) is 1.49. The second-order valence-corrected chi connectivity index (χ2v) is 5.33. The van der Waals surface area contributed by atoms with Crippen LogP contribution in [-0.4, -0.2) is 24.8 Å². The van der Waals surface area contributed by atoms with Gasteiger partial charge in [-0.25, -0.2) is 4.39 Å². The average molecular weight is 268 g/mol. The van der Waals surface area contributed by atoms with Gasteiger partial charge in [-0.3, -0.25) is 4.79 Å². The maximum Gasteiger partial charge on any atom is 0.308 e. The molecule has 0 aliphatic heterocycles. The number of esters is 1. The molecule has 0 N–H and O–H groups in total. The number of hydrogen-bond donors (Lipinski definition) is 0. The van der Waals surface area contributed by atoms with Crippen molar-refractivity contribution < 1.29 is 18.7 Å². The summed E-state index contributed by atoms with van der Waals surface area (Å²) in [6.07, 6.45) is 0.954. The minimum atomic E-state index is -0.453. The standard InChI is InChI=1S/C15H21FO3/c1-15(2,3)19-14(17)9-11-18-10-8-12-4-6-13(16)7-5-12/h4-7H,8-11H2,1-3H3. The summed E-state index contributed by atoms with van der Waals surface area (Å²) in [5.74, 6) is -0.496. The van der Waals surface area contributed by atoms with E-state index < -0.39 is 5.60 Å². The number of carbonyl (C=O) groups is 1. The van der Waals surface area contributed by atoms with Crippen molar-refractivity contribution in [1.82, 2.24) is 0 Å². The quantitative estimate of drug-likeness (QED) is 0.587. The Kier molecular flexibility index (Phi) is 5.96. The summed E-state index contributed by atoms with van der Waals surface area (Å²) in [5.41, 5.74) is 0.559. The Bertz CT molecular complexity index is 393. The van der Waals surface area contributed by atoms with E-state index in [1.165, 1.54) is 12.1 Å². The van der Waals surface area contributed by atoms with Crippen molar-refractivity contribution in [3.8, 4) is 0 Å². The van der Waals surface area contributed by atoms with Gasteiger partial charge in [0.25, 0.3) is 0 Å². The van der Waals surface area contributed by atoms with Gasteiger partial charge in [0.15, 0.2) is 0 Å². The number of hydrogen-bond acceptors (Lipinski definition) is 3. The summed E-state index contributed by atoms with van der Waals surface area (Å²) in [5, 5.41) is 0. The largest absolute Gasteiger partial charge is 0.460 e. The van der Waals surface area contributed by atoms with Crippen molar-refractivity contribution in [2.75, 3.05) is 13.2 Å². The van der Waals surface area contributed by atoms with E-state index in [9.17, 15) is 9.18 Å². The molecule has 0 fully saturated rings. The molecule has 0 amide bonds. The Hall–Kier alpha value is -1.42. The van der Waals surface area contributed by atoms with Gasteiger partial charge in [0.2, 0.25) is 0 Å². The van der Waals surface area contributed by atoms with Gasteiger partial charge in [-0.1, -0.05) is 12.1 Å². The molecule has 1 aromatic rings. The smallest absolute Gasteiger partial charge is 0.308 e. The Morgan fingerprint density at radius 2 is 1.79 bits per heavy atom. The van der Waals surface area contributed by atoms with Crippen molar-refractivity contribution in [2.45, 2.75) is 39.2 Å². The molecule has 0 saturated heterocycles. The lowest BCUT2D eigenvalue weighted by atomic mass is 10.2. The van der Waals surface area contributed by atoms with E-state index in [4.69, 9.17) is 9.47 Å². The minimum Gasteiger partial charge on any atom is -0.460 e. The van der Waals surface area contributed by atoms with Crippen LogP contribution in [0.15, 0.2) is 24.3 Å². The van der Waals surface area contributed by atoms with Crippen molar-refractivity contribution in [2.24, 2.45) is 0 Å². The normalized spacial score (nSPS) is 11.4. The molecule has 0 atom stereocenters. The highest BCUT2D eigenvalue weighted by Gasteiger charge is 2.15. The van der Waals surface area contributed by atoms with Crippen LogP contribution in [0.25, 0.3) is 0 Å². The molecule has 0 spiro atoms. The number of benzene rings is 1. The highest BCUT2D eigenvalue weighted by Crippen LogP contribution is 2.08. The molecule has 0 heterocycles. The molecule has 1 rings (SSSR count). The van der Waals surface area contributed by atoms with Crippen LogP contribution in [0.5, 0.6) is 0 Å². The minimum absolute atomic E-state index is 0.241. The zero-order valence-corrected chi connectivity index (χ0v) is 11.7. The van der Waals surface area contributed by atoms with Crippen molar-refractivity contribution in [3.05, 3.63) is 35.6 Å². The summed E-state index contributed by atoms with van der Waals surface area (Å²) in [6.45, 7) is 6.35. The predicted octanol–water partition coefficient (Wildman–Crippen LogP) is 3.12. The molecular formula is C15H21FO3. The molecule has 0 saturated carbocycles. The molecule has 1 aromatic carbocycles. The number of halogens is 1. The average Bonchev–Trinajstić information content (AvgIpc) is 2.29. The second-order valence-electron chi connectivity index (χ2n) is 5.33. The summed E-state index contributed by atoms with van der Waals surface area (Å²) >= 11 is 0. The molecule has 106 valence electrons. The maximum atomic E-state index is 12.7. The van der Waals surface area contributed by atoms with Crippen LogP contribution < -0.4 is 0 Å². The third-order valence-corrected chi connectivity index (χ3v) is 2.32. The van der Waals surface area contributed by atoms with E-state index in [0.717, 1.165) is 5.56 Å². The SMILES string of the molecule is CC(C)(C)OC(=O)CCOCCc1ccc(F)cc1. The van der Waals surface area contributed by atoms with Crippen LogP contribution in [0.4, 0.5) is 4.39 Å². The van der Waals surface area contributed by atoms with Gasteiger partial charge in [-0.2, -0.15) is 0 Å². The number of carbonyl (C=O) groups excluding carboxylic acids is 1. The van der Waals surface area contributed by atoms with E-state index >= 15 is 0 Å². The van der Waals surface area contributed by atoms with Crippen LogP contribution in [0.1, 0.15) is 32.8 Å². The summed E-state index contributed by atoms with van der Waals surface area (Å²) < 4.78 is 23.2. The molecule has 3 nitrogen and oxygen atoms in total. The molecule has 0 aliphatic carbocycles. The van der Waals surface area contributed by atoms with Gasteiger partial charge in [0, 0.05) is 0 Å². The molecule has 0 aromatic heterocycles. The summed E-state index contributed by atoms with van der Waals surface area (Å²) in [7, 11) is 0. The van der Waals surface area contributed by atoms with Crippen LogP contribution in [0.2, 0.25) is 0 Å². The van der Waals surface area contributed by atoms with Gasteiger partial charge in [-0.15, -0.1) is 0 Å². The third kappa shape index (κ3) is 7.57. The topological polar surface area (TPSA) is 35.5 Å². The third-order valence-electron chi connectivity index (χ3n) is 2.32. The van der Waals surface area contributed by atoms with E-state index in [1.54, 1.807) is 12.1 Å². The monoisotopic (exact) mass is 268 g/mol. The predicted molar refractivity (Wildman–Crippen MR) is 71.4 cm³/mol. The Morgan fingerprint density at radius 3 is 2.37 bits per heavy atom. The van der Waals surface area contributed by atoms with Crippen LogP contribution in [-0.2, 0) is 20.7 Å². The van der Waals surface area contributed by atoms with Gasteiger partial charge in [0.1, 0.15) is 11.4 Å². The van der Waals surface area contributed by atoms with Gasteiger partial charge < -0.3 is 9.47 Å². The van der Waals surface area contributed by atoms with Crippen molar-refractivity contribution in [3.63, 3.8) is 0 Å². The zero-order chi connectivity index (χ0) is 14.3. The second kappa shape index (κ2) is 7.24. The summed E-state index contributed by atoms with van der Waals surface area (Å²) in [6, 6.07) is 6.31. The van der Waals surface area contributed by atoms with Crippen molar-refractivity contribution in [1.29, 1.82) is 0 Å². The Morgan fingerprint density at radius 1 is 1.16 bits per heavy atom. The first kappa shape index (κ1) is 15.6. The Labute approximate surface area is 113 Å². The maximum absolute atomic E-state index is 12.7. The van der Waals surface area contributed by atoms with E-state index in [1.807, 2.05) is 20.8 Å². The lowest BCUT2D eigenvalue weighted by Crippen LogP contribution is -2.24. The number of ether oxygens (including phenoxy) is 2. The highest BCUT2D eigenvalue weighted by atomic mass is 19.1. The first-order chi connectivity index (χ1) is 8.87. The fourth-order valence-electron chi connectivity index (χ4n) is 1.49.